The smallest absolute Gasteiger partial charge is 0.188 e. The molecule has 2 aromatic heterocycles. The van der Waals surface area contributed by atoms with Gasteiger partial charge in [0.05, 0.1) is 7.11 Å². The highest BCUT2D eigenvalue weighted by molar-refractivity contribution is 7.98. The lowest BCUT2D eigenvalue weighted by Gasteiger charge is -2.02. The van der Waals surface area contributed by atoms with E-state index in [0.717, 1.165) is 21.1 Å². The Morgan fingerprint density at radius 2 is 1.82 bits per heavy atom. The van der Waals surface area contributed by atoms with Crippen molar-refractivity contribution in [3.05, 3.63) is 36.0 Å². The van der Waals surface area contributed by atoms with E-state index in [9.17, 15) is 0 Å². The third kappa shape index (κ3) is 3.25. The minimum Gasteiger partial charge on any atom is -0.497 e. The van der Waals surface area contributed by atoms with Gasteiger partial charge in [0.2, 0.25) is 0 Å². The van der Waals surface area contributed by atoms with E-state index < -0.39 is 0 Å². The molecule has 1 aromatic carbocycles. The summed E-state index contributed by atoms with van der Waals surface area (Å²) >= 11 is 3.28. The van der Waals surface area contributed by atoms with Crippen LogP contribution in [0.5, 0.6) is 5.75 Å². The summed E-state index contributed by atoms with van der Waals surface area (Å²) in [7, 11) is 1.68. The molecule has 2 heterocycles. The maximum absolute atomic E-state index is 5.20. The Balaban J connectivity index is 0.000000847. The molecule has 0 aliphatic rings. The zero-order chi connectivity index (χ0) is 16.1. The van der Waals surface area contributed by atoms with Crippen molar-refractivity contribution >= 4 is 33.3 Å². The van der Waals surface area contributed by atoms with E-state index >= 15 is 0 Å². The molecule has 0 unspecified atom stereocenters. The molecule has 0 N–H and O–H groups in total. The first kappa shape index (κ1) is 16.8. The van der Waals surface area contributed by atoms with E-state index in [4.69, 9.17) is 4.74 Å². The average Bonchev–Trinajstić information content (AvgIpc) is 2.93. The molecule has 22 heavy (non-hydrogen) atoms. The monoisotopic (exact) mass is 332 g/mol. The fourth-order valence-corrected chi connectivity index (χ4v) is 3.65. The zero-order valence-electron chi connectivity index (χ0n) is 13.5. The first-order valence-corrected chi connectivity index (χ1v) is 9.21. The molecule has 0 saturated carbocycles. The number of fused-ring (bicyclic) bond motifs is 1. The summed E-state index contributed by atoms with van der Waals surface area (Å²) in [5.41, 5.74) is 2.43. The van der Waals surface area contributed by atoms with Gasteiger partial charge < -0.3 is 4.74 Å². The van der Waals surface area contributed by atoms with E-state index in [1.807, 2.05) is 38.4 Å². The van der Waals surface area contributed by atoms with Crippen molar-refractivity contribution in [1.29, 1.82) is 0 Å². The van der Waals surface area contributed by atoms with Crippen molar-refractivity contribution in [3.63, 3.8) is 0 Å². The Morgan fingerprint density at radius 1 is 1.14 bits per heavy atom. The number of hydrogen-bond acceptors (Lipinski definition) is 5. The van der Waals surface area contributed by atoms with Crippen molar-refractivity contribution in [2.75, 3.05) is 13.4 Å². The largest absolute Gasteiger partial charge is 0.497 e. The highest BCUT2D eigenvalue weighted by atomic mass is 32.2. The Kier molecular flexibility index (Phi) is 5.80. The number of benzene rings is 1. The Labute approximate surface area is 139 Å². The quantitative estimate of drug-likeness (QED) is 0.473. The fourth-order valence-electron chi connectivity index (χ4n) is 2.10. The van der Waals surface area contributed by atoms with Crippen LogP contribution < -0.4 is 4.74 Å². The topological polar surface area (TPSA) is 35.0 Å². The first-order chi connectivity index (χ1) is 10.7. The lowest BCUT2D eigenvalue weighted by Crippen LogP contribution is -1.84. The number of nitrogens with zero attached hydrogens (tertiary/aromatic N) is 2. The Hall–Kier alpha value is -1.59. The van der Waals surface area contributed by atoms with Gasteiger partial charge in [0.25, 0.3) is 0 Å². The zero-order valence-corrected chi connectivity index (χ0v) is 15.1. The highest BCUT2D eigenvalue weighted by Gasteiger charge is 2.12. The number of thiophene rings is 1. The van der Waals surface area contributed by atoms with Gasteiger partial charge in [-0.15, -0.1) is 11.3 Å². The van der Waals surface area contributed by atoms with Crippen LogP contribution in [0, 0.1) is 6.92 Å². The normalized spacial score (nSPS) is 10.2. The highest BCUT2D eigenvalue weighted by Crippen LogP contribution is 2.37. The Bertz CT molecular complexity index is 751. The van der Waals surface area contributed by atoms with Crippen LogP contribution in [-0.4, -0.2) is 23.3 Å². The maximum Gasteiger partial charge on any atom is 0.188 e. The SMILES string of the molecule is CC.COc1ccc(-c2sc3nc(SC)ncc3c2C)cc1. The number of aromatic nitrogens is 2. The van der Waals surface area contributed by atoms with Gasteiger partial charge in [0.1, 0.15) is 10.6 Å². The number of hydrogen-bond donors (Lipinski definition) is 0. The number of methoxy groups -OCH3 is 1. The summed E-state index contributed by atoms with van der Waals surface area (Å²) in [4.78, 5) is 11.2. The van der Waals surface area contributed by atoms with E-state index in [2.05, 4.69) is 29.0 Å². The van der Waals surface area contributed by atoms with Crippen LogP contribution in [0.15, 0.2) is 35.6 Å². The molecule has 0 spiro atoms. The minimum absolute atomic E-state index is 0.819. The van der Waals surface area contributed by atoms with Gasteiger partial charge in [-0.1, -0.05) is 25.6 Å². The number of rotatable bonds is 3. The molecular formula is C17H20N2OS2. The third-order valence-corrected chi connectivity index (χ3v) is 5.02. The summed E-state index contributed by atoms with van der Waals surface area (Å²) in [6, 6.07) is 8.13. The molecule has 0 fully saturated rings. The predicted octanol–water partition coefficient (Wildman–Crippen LogP) is 5.42. The molecule has 0 radical (unpaired) electrons. The van der Waals surface area contributed by atoms with Crippen molar-refractivity contribution in [3.8, 4) is 16.2 Å². The molecule has 0 aliphatic heterocycles. The summed E-state index contributed by atoms with van der Waals surface area (Å²) in [6.45, 7) is 6.13. The van der Waals surface area contributed by atoms with Gasteiger partial charge in [-0.05, 0) is 48.6 Å². The summed E-state index contributed by atoms with van der Waals surface area (Å²) in [5, 5.41) is 1.96. The molecule has 116 valence electrons. The molecule has 0 saturated heterocycles. The summed E-state index contributed by atoms with van der Waals surface area (Å²) in [5.74, 6) is 0.872. The molecule has 3 nitrogen and oxygen atoms in total. The van der Waals surface area contributed by atoms with E-state index in [-0.39, 0.29) is 0 Å². The van der Waals surface area contributed by atoms with Gasteiger partial charge in [0, 0.05) is 16.5 Å². The van der Waals surface area contributed by atoms with E-state index in [1.165, 1.54) is 16.0 Å². The average molecular weight is 332 g/mol. The maximum atomic E-state index is 5.20. The van der Waals surface area contributed by atoms with E-state index in [0.29, 0.717) is 0 Å². The van der Waals surface area contributed by atoms with Crippen molar-refractivity contribution in [2.45, 2.75) is 25.9 Å². The summed E-state index contributed by atoms with van der Waals surface area (Å²) < 4.78 is 5.20. The second-order valence-corrected chi connectivity index (χ2v) is 6.13. The molecule has 0 amide bonds. The molecule has 0 atom stereocenters. The molecule has 3 rings (SSSR count). The lowest BCUT2D eigenvalue weighted by molar-refractivity contribution is 0.415. The van der Waals surface area contributed by atoms with Crippen molar-refractivity contribution in [2.24, 2.45) is 0 Å². The molecule has 5 heteroatoms. The number of aryl methyl sites for hydroxylation is 1. The Morgan fingerprint density at radius 3 is 2.41 bits per heavy atom. The van der Waals surface area contributed by atoms with Gasteiger partial charge in [-0.25, -0.2) is 9.97 Å². The second-order valence-electron chi connectivity index (χ2n) is 4.36. The second kappa shape index (κ2) is 7.61. The van der Waals surface area contributed by atoms with Crippen LogP contribution in [-0.2, 0) is 0 Å². The van der Waals surface area contributed by atoms with Crippen LogP contribution in [0.4, 0.5) is 0 Å². The fraction of sp³-hybridized carbons (Fsp3) is 0.294. The molecule has 0 bridgehead atoms. The molecular weight excluding hydrogens is 312 g/mol. The standard InChI is InChI=1S/C15H14N2OS2.C2H6/c1-9-12-8-16-15(19-3)17-14(12)20-13(9)10-4-6-11(18-2)7-5-10;1-2/h4-8H,1-3H3;1-2H3. The van der Waals surface area contributed by atoms with Gasteiger partial charge >= 0.3 is 0 Å². The van der Waals surface area contributed by atoms with Crippen LogP contribution in [0.1, 0.15) is 19.4 Å². The lowest BCUT2D eigenvalue weighted by atomic mass is 10.1. The summed E-state index contributed by atoms with van der Waals surface area (Å²) in [6.07, 6.45) is 3.92. The predicted molar refractivity (Wildman–Crippen MR) is 97.3 cm³/mol. The molecule has 0 aliphatic carbocycles. The van der Waals surface area contributed by atoms with Crippen LogP contribution in [0.3, 0.4) is 0 Å². The number of ether oxygens (including phenoxy) is 1. The van der Waals surface area contributed by atoms with Crippen LogP contribution >= 0.6 is 23.1 Å². The minimum atomic E-state index is 0.819. The van der Waals surface area contributed by atoms with Gasteiger partial charge in [-0.3, -0.25) is 0 Å². The van der Waals surface area contributed by atoms with Crippen molar-refractivity contribution < 1.29 is 4.74 Å². The van der Waals surface area contributed by atoms with Crippen LogP contribution in [0.25, 0.3) is 20.7 Å². The first-order valence-electron chi connectivity index (χ1n) is 7.17. The molecule has 3 aromatic rings. The van der Waals surface area contributed by atoms with Crippen molar-refractivity contribution in [1.82, 2.24) is 9.97 Å². The van der Waals surface area contributed by atoms with Gasteiger partial charge in [0.15, 0.2) is 5.16 Å². The van der Waals surface area contributed by atoms with E-state index in [1.54, 1.807) is 30.2 Å². The van der Waals surface area contributed by atoms with Gasteiger partial charge in [-0.2, -0.15) is 0 Å². The van der Waals surface area contributed by atoms with Crippen LogP contribution in [0.2, 0.25) is 0 Å². The third-order valence-electron chi connectivity index (χ3n) is 3.21. The number of thioether (sulfide) groups is 1.